The smallest absolute Gasteiger partial charge is 0.254 e. The van der Waals surface area contributed by atoms with Gasteiger partial charge >= 0.3 is 0 Å². The van der Waals surface area contributed by atoms with Crippen molar-refractivity contribution in [2.75, 3.05) is 19.7 Å². The number of ether oxygens (including phenoxy) is 1. The number of carbonyl (C=O) groups excluding carboxylic acids is 1. The van der Waals surface area contributed by atoms with E-state index in [1.807, 2.05) is 12.1 Å². The zero-order valence-corrected chi connectivity index (χ0v) is 10.1. The molecule has 1 saturated heterocycles. The average Bonchev–Trinajstić information content (AvgIpc) is 2.38. The van der Waals surface area contributed by atoms with Crippen LogP contribution in [0.1, 0.15) is 10.4 Å². The highest BCUT2D eigenvalue weighted by molar-refractivity contribution is 7.80. The molecule has 88 valence electrons. The Bertz CT molecular complexity index is 470. The van der Waals surface area contributed by atoms with E-state index in [1.165, 1.54) is 0 Å². The van der Waals surface area contributed by atoms with E-state index in [2.05, 4.69) is 12.6 Å². The Morgan fingerprint density at radius 3 is 3.12 bits per heavy atom. The third-order valence-corrected chi connectivity index (χ3v) is 2.87. The normalized spacial score (nSPS) is 19.8. The van der Waals surface area contributed by atoms with Crippen LogP contribution in [0.15, 0.2) is 29.2 Å². The minimum absolute atomic E-state index is 0.0792. The van der Waals surface area contributed by atoms with Gasteiger partial charge in [0.15, 0.2) is 6.10 Å². The Morgan fingerprint density at radius 1 is 1.59 bits per heavy atom. The lowest BCUT2D eigenvalue weighted by molar-refractivity contribution is 0.00345. The van der Waals surface area contributed by atoms with Crippen LogP contribution in [0.2, 0.25) is 0 Å². The molecule has 0 spiro atoms. The largest absolute Gasteiger partial charge is 0.360 e. The van der Waals surface area contributed by atoms with E-state index in [-0.39, 0.29) is 5.91 Å². The number of amides is 1. The fraction of sp³-hybridized carbons (Fsp3) is 0.333. The molecule has 0 bridgehead atoms. The molecule has 0 N–H and O–H groups in total. The van der Waals surface area contributed by atoms with Gasteiger partial charge in [0, 0.05) is 17.0 Å². The van der Waals surface area contributed by atoms with E-state index >= 15 is 0 Å². The Balaban J connectivity index is 2.12. The van der Waals surface area contributed by atoms with E-state index in [1.54, 1.807) is 23.1 Å². The molecule has 1 aromatic rings. The SMILES string of the molecule is N#CC1CN(C(=O)c2cccc(S)c2)CCO1. The molecule has 1 heterocycles. The molecule has 2 rings (SSSR count). The molecule has 1 aliphatic rings. The number of carbonyl (C=O) groups is 1. The summed E-state index contributed by atoms with van der Waals surface area (Å²) in [6.07, 6.45) is -0.521. The number of morpholine rings is 1. The first kappa shape index (κ1) is 12.0. The maximum Gasteiger partial charge on any atom is 0.254 e. The lowest BCUT2D eigenvalue weighted by atomic mass is 10.2. The van der Waals surface area contributed by atoms with Crippen molar-refractivity contribution < 1.29 is 9.53 Å². The van der Waals surface area contributed by atoms with Gasteiger partial charge in [0.05, 0.1) is 19.2 Å². The second-order valence-corrected chi connectivity index (χ2v) is 4.31. The van der Waals surface area contributed by atoms with Gasteiger partial charge in [-0.3, -0.25) is 4.79 Å². The van der Waals surface area contributed by atoms with Crippen LogP contribution in [-0.2, 0) is 4.74 Å². The van der Waals surface area contributed by atoms with Crippen molar-refractivity contribution in [2.24, 2.45) is 0 Å². The first-order valence-corrected chi connectivity index (χ1v) is 5.75. The Morgan fingerprint density at radius 2 is 2.41 bits per heavy atom. The van der Waals surface area contributed by atoms with Crippen molar-refractivity contribution >= 4 is 18.5 Å². The van der Waals surface area contributed by atoms with Crippen LogP contribution in [0, 0.1) is 11.3 Å². The molecule has 17 heavy (non-hydrogen) atoms. The van der Waals surface area contributed by atoms with Crippen molar-refractivity contribution in [3.8, 4) is 6.07 Å². The standard InChI is InChI=1S/C12H12N2O2S/c13-7-10-8-14(4-5-16-10)12(15)9-2-1-3-11(17)6-9/h1-3,6,10,17H,4-5,8H2. The van der Waals surface area contributed by atoms with Gasteiger partial charge in [-0.25, -0.2) is 0 Å². The Kier molecular flexibility index (Phi) is 3.67. The molecule has 0 radical (unpaired) electrons. The van der Waals surface area contributed by atoms with E-state index in [4.69, 9.17) is 10.00 Å². The number of hydrogen-bond acceptors (Lipinski definition) is 4. The predicted molar refractivity (Wildman–Crippen MR) is 65.0 cm³/mol. The number of hydrogen-bond donors (Lipinski definition) is 1. The zero-order valence-electron chi connectivity index (χ0n) is 9.17. The molecular formula is C12H12N2O2S. The van der Waals surface area contributed by atoms with Crippen LogP contribution in [0.5, 0.6) is 0 Å². The highest BCUT2D eigenvalue weighted by atomic mass is 32.1. The topological polar surface area (TPSA) is 53.3 Å². The third-order valence-electron chi connectivity index (χ3n) is 2.59. The molecule has 0 aliphatic carbocycles. The highest BCUT2D eigenvalue weighted by Gasteiger charge is 2.24. The lowest BCUT2D eigenvalue weighted by Crippen LogP contribution is -2.45. The number of thiol groups is 1. The summed E-state index contributed by atoms with van der Waals surface area (Å²) in [7, 11) is 0. The summed E-state index contributed by atoms with van der Waals surface area (Å²) >= 11 is 4.20. The van der Waals surface area contributed by atoms with Gasteiger partial charge in [-0.05, 0) is 18.2 Å². The number of nitriles is 1. The van der Waals surface area contributed by atoms with Gasteiger partial charge < -0.3 is 9.64 Å². The van der Waals surface area contributed by atoms with E-state index in [9.17, 15) is 4.79 Å². The molecule has 4 nitrogen and oxygen atoms in total. The summed E-state index contributed by atoms with van der Waals surface area (Å²) in [5, 5.41) is 8.78. The van der Waals surface area contributed by atoms with Gasteiger partial charge in [-0.2, -0.15) is 5.26 Å². The van der Waals surface area contributed by atoms with E-state index in [0.717, 1.165) is 4.90 Å². The van der Waals surface area contributed by atoms with Crippen LogP contribution < -0.4 is 0 Å². The van der Waals surface area contributed by atoms with Crippen LogP contribution in [-0.4, -0.2) is 36.6 Å². The van der Waals surface area contributed by atoms with Crippen molar-refractivity contribution in [1.82, 2.24) is 4.90 Å². The monoisotopic (exact) mass is 248 g/mol. The quantitative estimate of drug-likeness (QED) is 0.763. The van der Waals surface area contributed by atoms with Crippen molar-refractivity contribution in [1.29, 1.82) is 5.26 Å². The van der Waals surface area contributed by atoms with Crippen LogP contribution in [0.4, 0.5) is 0 Å². The van der Waals surface area contributed by atoms with Gasteiger partial charge in [-0.1, -0.05) is 6.07 Å². The van der Waals surface area contributed by atoms with E-state index < -0.39 is 6.10 Å². The van der Waals surface area contributed by atoms with E-state index in [0.29, 0.717) is 25.3 Å². The first-order valence-electron chi connectivity index (χ1n) is 5.30. The predicted octanol–water partition coefficient (Wildman–Crippen LogP) is 1.34. The summed E-state index contributed by atoms with van der Waals surface area (Å²) in [4.78, 5) is 14.5. The van der Waals surface area contributed by atoms with Gasteiger partial charge in [0.1, 0.15) is 0 Å². The summed E-state index contributed by atoms with van der Waals surface area (Å²) in [6.45, 7) is 1.25. The highest BCUT2D eigenvalue weighted by Crippen LogP contribution is 2.13. The minimum atomic E-state index is -0.521. The second kappa shape index (κ2) is 5.21. The maximum atomic E-state index is 12.1. The van der Waals surface area contributed by atoms with Gasteiger partial charge in [0.25, 0.3) is 5.91 Å². The summed E-state index contributed by atoms with van der Waals surface area (Å²) in [5.41, 5.74) is 0.594. The van der Waals surface area contributed by atoms with Crippen LogP contribution in [0.25, 0.3) is 0 Å². The number of rotatable bonds is 1. The fourth-order valence-electron chi connectivity index (χ4n) is 1.73. The lowest BCUT2D eigenvalue weighted by Gasteiger charge is -2.29. The second-order valence-electron chi connectivity index (χ2n) is 3.79. The first-order chi connectivity index (χ1) is 8.20. The molecule has 1 atom stereocenters. The van der Waals surface area contributed by atoms with Crippen molar-refractivity contribution in [3.05, 3.63) is 29.8 Å². The number of benzene rings is 1. The van der Waals surface area contributed by atoms with Gasteiger partial charge in [0.2, 0.25) is 0 Å². The molecule has 1 aliphatic heterocycles. The maximum absolute atomic E-state index is 12.1. The summed E-state index contributed by atoms with van der Waals surface area (Å²) in [5.74, 6) is -0.0792. The Labute approximate surface area is 105 Å². The molecule has 1 fully saturated rings. The van der Waals surface area contributed by atoms with Crippen molar-refractivity contribution in [3.63, 3.8) is 0 Å². The molecule has 0 saturated carbocycles. The third kappa shape index (κ3) is 2.78. The van der Waals surface area contributed by atoms with Crippen LogP contribution in [0.3, 0.4) is 0 Å². The molecule has 1 amide bonds. The minimum Gasteiger partial charge on any atom is -0.360 e. The molecule has 0 aromatic heterocycles. The summed E-state index contributed by atoms with van der Waals surface area (Å²) < 4.78 is 5.20. The van der Waals surface area contributed by atoms with Crippen molar-refractivity contribution in [2.45, 2.75) is 11.0 Å². The average molecular weight is 248 g/mol. The Hall–Kier alpha value is -1.51. The number of nitrogens with zero attached hydrogens (tertiary/aromatic N) is 2. The van der Waals surface area contributed by atoms with Gasteiger partial charge in [-0.15, -0.1) is 12.6 Å². The zero-order chi connectivity index (χ0) is 12.3. The molecule has 5 heteroatoms. The summed E-state index contributed by atoms with van der Waals surface area (Å²) in [6, 6.07) is 9.10. The molecule has 1 aromatic carbocycles. The molecule has 1 unspecified atom stereocenters. The van der Waals surface area contributed by atoms with Crippen LogP contribution >= 0.6 is 12.6 Å². The fourth-order valence-corrected chi connectivity index (χ4v) is 1.96. The molecular weight excluding hydrogens is 236 g/mol.